The monoisotopic (exact) mass is 411 g/mol. The molecule has 2 aromatic carbocycles. The van der Waals surface area contributed by atoms with Gasteiger partial charge in [0.1, 0.15) is 5.60 Å². The van der Waals surface area contributed by atoms with Crippen LogP contribution >= 0.6 is 0 Å². The maximum atomic E-state index is 12.5. The van der Waals surface area contributed by atoms with Crippen molar-refractivity contribution in [2.45, 2.75) is 32.9 Å². The molecule has 2 amide bonds. The summed E-state index contributed by atoms with van der Waals surface area (Å²) in [5.74, 6) is -0.180. The Bertz CT molecular complexity index is 852. The highest BCUT2D eigenvalue weighted by Gasteiger charge is 2.16. The van der Waals surface area contributed by atoms with E-state index >= 15 is 0 Å². The predicted octanol–water partition coefficient (Wildman–Crippen LogP) is 3.80. The first-order valence-electron chi connectivity index (χ1n) is 10.1. The molecule has 30 heavy (non-hydrogen) atoms. The molecule has 3 rings (SSSR count). The van der Waals surface area contributed by atoms with Crippen molar-refractivity contribution in [3.8, 4) is 0 Å². The first kappa shape index (κ1) is 21.6. The number of carbonyl (C=O) groups is 2. The molecule has 7 heteroatoms. The van der Waals surface area contributed by atoms with Gasteiger partial charge in [0, 0.05) is 36.6 Å². The first-order chi connectivity index (χ1) is 14.3. The zero-order valence-electron chi connectivity index (χ0n) is 17.7. The summed E-state index contributed by atoms with van der Waals surface area (Å²) < 4.78 is 10.6. The van der Waals surface area contributed by atoms with Gasteiger partial charge in [0.05, 0.1) is 13.2 Å². The number of morpholine rings is 1. The van der Waals surface area contributed by atoms with Gasteiger partial charge in [-0.25, -0.2) is 4.79 Å². The van der Waals surface area contributed by atoms with Crippen molar-refractivity contribution in [1.29, 1.82) is 0 Å². The summed E-state index contributed by atoms with van der Waals surface area (Å²) in [5.41, 5.74) is 2.76. The number of carbonyl (C=O) groups excluding carboxylic acids is 2. The molecule has 1 saturated heterocycles. The van der Waals surface area contributed by atoms with Gasteiger partial charge < -0.3 is 25.0 Å². The van der Waals surface area contributed by atoms with Gasteiger partial charge in [-0.15, -0.1) is 0 Å². The maximum absolute atomic E-state index is 12.5. The van der Waals surface area contributed by atoms with Gasteiger partial charge in [0.2, 0.25) is 0 Å². The van der Waals surface area contributed by atoms with Crippen molar-refractivity contribution in [3.05, 3.63) is 59.7 Å². The average Bonchev–Trinajstić information content (AvgIpc) is 2.72. The van der Waals surface area contributed by atoms with Gasteiger partial charge in [0.15, 0.2) is 0 Å². The third kappa shape index (κ3) is 6.49. The Balaban J connectivity index is 1.51. The summed E-state index contributed by atoms with van der Waals surface area (Å²) in [6, 6.07) is 14.9. The van der Waals surface area contributed by atoms with Crippen molar-refractivity contribution in [2.24, 2.45) is 0 Å². The summed E-state index contributed by atoms with van der Waals surface area (Å²) >= 11 is 0. The average molecular weight is 412 g/mol. The number of alkyl carbamates (subject to hydrolysis) is 1. The minimum atomic E-state index is -0.535. The number of hydrogen-bond donors (Lipinski definition) is 2. The highest BCUT2D eigenvalue weighted by molar-refractivity contribution is 6.04. The molecule has 0 aliphatic carbocycles. The molecule has 2 aromatic rings. The van der Waals surface area contributed by atoms with E-state index in [0.29, 0.717) is 12.1 Å². The topological polar surface area (TPSA) is 79.9 Å². The highest BCUT2D eigenvalue weighted by atomic mass is 16.6. The van der Waals surface area contributed by atoms with Crippen LogP contribution in [0.15, 0.2) is 48.5 Å². The van der Waals surface area contributed by atoms with Crippen LogP contribution in [-0.4, -0.2) is 43.9 Å². The van der Waals surface area contributed by atoms with Crippen LogP contribution in [0.3, 0.4) is 0 Å². The van der Waals surface area contributed by atoms with Gasteiger partial charge in [-0.05, 0) is 62.7 Å². The van der Waals surface area contributed by atoms with E-state index in [0.717, 1.165) is 43.2 Å². The molecule has 0 saturated carbocycles. The van der Waals surface area contributed by atoms with Crippen molar-refractivity contribution in [2.75, 3.05) is 36.5 Å². The lowest BCUT2D eigenvalue weighted by Gasteiger charge is -2.28. The number of hydrogen-bond acceptors (Lipinski definition) is 5. The molecular weight excluding hydrogens is 382 g/mol. The molecule has 0 atom stereocenters. The summed E-state index contributed by atoms with van der Waals surface area (Å²) in [5, 5.41) is 5.61. The van der Waals surface area contributed by atoms with Crippen molar-refractivity contribution >= 4 is 23.4 Å². The van der Waals surface area contributed by atoms with Crippen LogP contribution in [0.4, 0.5) is 16.2 Å². The third-order valence-corrected chi connectivity index (χ3v) is 4.55. The second-order valence-corrected chi connectivity index (χ2v) is 8.15. The molecule has 0 bridgehead atoms. The SMILES string of the molecule is CC(C)(C)OC(=O)NCc1ccc(C(=O)Nc2ccc(N3CCOCC3)cc2)cc1. The number of amides is 2. The van der Waals surface area contributed by atoms with E-state index in [-0.39, 0.29) is 5.91 Å². The lowest BCUT2D eigenvalue weighted by molar-refractivity contribution is 0.0523. The third-order valence-electron chi connectivity index (χ3n) is 4.55. The fraction of sp³-hybridized carbons (Fsp3) is 0.391. The van der Waals surface area contributed by atoms with Crippen molar-refractivity contribution in [3.63, 3.8) is 0 Å². The van der Waals surface area contributed by atoms with Crippen LogP contribution in [0.25, 0.3) is 0 Å². The Kier molecular flexibility index (Phi) is 6.95. The lowest BCUT2D eigenvalue weighted by atomic mass is 10.1. The zero-order valence-corrected chi connectivity index (χ0v) is 17.7. The maximum Gasteiger partial charge on any atom is 0.407 e. The highest BCUT2D eigenvalue weighted by Crippen LogP contribution is 2.19. The van der Waals surface area contributed by atoms with Crippen LogP contribution in [-0.2, 0) is 16.0 Å². The summed E-state index contributed by atoms with van der Waals surface area (Å²) in [6.07, 6.45) is -0.468. The van der Waals surface area contributed by atoms with Gasteiger partial charge in [-0.3, -0.25) is 4.79 Å². The number of rotatable bonds is 5. The largest absolute Gasteiger partial charge is 0.444 e. The molecule has 1 aliphatic rings. The van der Waals surface area contributed by atoms with Crippen molar-refractivity contribution < 1.29 is 19.1 Å². The molecular formula is C23H29N3O4. The van der Waals surface area contributed by atoms with Crippen molar-refractivity contribution in [1.82, 2.24) is 5.32 Å². The van der Waals surface area contributed by atoms with Gasteiger partial charge >= 0.3 is 6.09 Å². The second-order valence-electron chi connectivity index (χ2n) is 8.15. The molecule has 1 fully saturated rings. The Morgan fingerprint density at radius 1 is 1.00 bits per heavy atom. The molecule has 1 heterocycles. The Labute approximate surface area is 177 Å². The van der Waals surface area contributed by atoms with Crippen LogP contribution in [0, 0.1) is 0 Å². The quantitative estimate of drug-likeness (QED) is 0.782. The molecule has 0 radical (unpaired) electrons. The van der Waals surface area contributed by atoms with E-state index in [1.54, 1.807) is 12.1 Å². The standard InChI is InChI=1S/C23H29N3O4/c1-23(2,3)30-22(28)24-16-17-4-6-18(7-5-17)21(27)25-19-8-10-20(11-9-19)26-12-14-29-15-13-26/h4-11H,12-16H2,1-3H3,(H,24,28)(H,25,27). The molecule has 7 nitrogen and oxygen atoms in total. The van der Waals surface area contributed by atoms with Gasteiger partial charge in [-0.2, -0.15) is 0 Å². The first-order valence-corrected chi connectivity index (χ1v) is 10.1. The van der Waals surface area contributed by atoms with E-state index in [1.165, 1.54) is 0 Å². The summed E-state index contributed by atoms with van der Waals surface area (Å²) in [4.78, 5) is 26.5. The van der Waals surface area contributed by atoms with Crippen LogP contribution in [0.1, 0.15) is 36.7 Å². The smallest absolute Gasteiger partial charge is 0.407 e. The van der Waals surface area contributed by atoms with E-state index in [4.69, 9.17) is 9.47 Å². The zero-order chi connectivity index (χ0) is 21.6. The molecule has 0 aromatic heterocycles. The van der Waals surface area contributed by atoms with Gasteiger partial charge in [0.25, 0.3) is 5.91 Å². The fourth-order valence-corrected chi connectivity index (χ4v) is 3.04. The Hall–Kier alpha value is -3.06. The van der Waals surface area contributed by atoms with E-state index < -0.39 is 11.7 Å². The Morgan fingerprint density at radius 3 is 2.23 bits per heavy atom. The van der Waals surface area contributed by atoms with Crippen LogP contribution in [0.2, 0.25) is 0 Å². The summed E-state index contributed by atoms with van der Waals surface area (Å²) in [6.45, 7) is 9.01. The fourth-order valence-electron chi connectivity index (χ4n) is 3.04. The minimum absolute atomic E-state index is 0.180. The number of nitrogens with one attached hydrogen (secondary N) is 2. The second kappa shape index (κ2) is 9.63. The van der Waals surface area contributed by atoms with E-state index in [2.05, 4.69) is 15.5 Å². The number of nitrogens with zero attached hydrogens (tertiary/aromatic N) is 1. The normalized spacial score (nSPS) is 14.2. The number of anilines is 2. The number of ether oxygens (including phenoxy) is 2. The predicted molar refractivity (Wildman–Crippen MR) is 117 cm³/mol. The molecule has 1 aliphatic heterocycles. The van der Waals surface area contributed by atoms with Crippen LogP contribution in [0.5, 0.6) is 0 Å². The van der Waals surface area contributed by atoms with E-state index in [9.17, 15) is 9.59 Å². The molecule has 0 unspecified atom stereocenters. The minimum Gasteiger partial charge on any atom is -0.444 e. The lowest BCUT2D eigenvalue weighted by Crippen LogP contribution is -2.36. The van der Waals surface area contributed by atoms with Crippen LogP contribution < -0.4 is 15.5 Å². The van der Waals surface area contributed by atoms with Gasteiger partial charge in [-0.1, -0.05) is 12.1 Å². The van der Waals surface area contributed by atoms with E-state index in [1.807, 2.05) is 57.2 Å². The molecule has 2 N–H and O–H groups in total. The summed E-state index contributed by atoms with van der Waals surface area (Å²) in [7, 11) is 0. The number of benzene rings is 2. The Morgan fingerprint density at radius 2 is 1.63 bits per heavy atom. The molecule has 160 valence electrons. The molecule has 0 spiro atoms.